The number of aromatic nitrogens is 1. The van der Waals surface area contributed by atoms with Crippen LogP contribution in [-0.2, 0) is 0 Å². The molecule has 2 bridgehead atoms. The Bertz CT molecular complexity index is 799. The number of amides is 1. The highest BCUT2D eigenvalue weighted by Gasteiger charge is 2.33. The highest BCUT2D eigenvalue weighted by molar-refractivity contribution is 5.95. The molecule has 0 saturated carbocycles. The maximum atomic E-state index is 12.7. The fraction of sp³-hybridized carbons (Fsp3) is 0.600. The average Bonchev–Trinajstić information content (AvgIpc) is 3.24. The van der Waals surface area contributed by atoms with Crippen LogP contribution in [0.5, 0.6) is 0 Å². The molecule has 3 fully saturated rings. The first kappa shape index (κ1) is 16.1. The molecule has 3 saturated heterocycles. The number of nitrogens with one attached hydrogen (secondary N) is 1. The van der Waals surface area contributed by atoms with Crippen molar-refractivity contribution in [2.45, 2.75) is 38.1 Å². The average molecular weight is 354 g/mol. The van der Waals surface area contributed by atoms with Gasteiger partial charge in [-0.2, -0.15) is 0 Å². The van der Waals surface area contributed by atoms with Crippen LogP contribution in [0.15, 0.2) is 22.7 Å². The zero-order valence-electron chi connectivity index (χ0n) is 15.1. The third-order valence-corrected chi connectivity index (χ3v) is 6.09. The van der Waals surface area contributed by atoms with Gasteiger partial charge in [0.25, 0.3) is 5.91 Å². The number of nitrogens with zero attached hydrogens (tertiary/aromatic N) is 3. The van der Waals surface area contributed by atoms with Gasteiger partial charge in [-0.1, -0.05) is 0 Å². The lowest BCUT2D eigenvalue weighted by Crippen LogP contribution is -2.47. The van der Waals surface area contributed by atoms with Crippen molar-refractivity contribution in [1.82, 2.24) is 15.2 Å². The first-order chi connectivity index (χ1) is 12.7. The number of anilines is 1. The van der Waals surface area contributed by atoms with Crippen LogP contribution in [0.3, 0.4) is 0 Å². The Kier molecular flexibility index (Phi) is 4.08. The SMILES string of the molecule is O=C(N[C@@H]1C[C@@H]2CCN(C2)C1)c1cc2oc(N3CCCCC3)cc2cn1. The molecule has 6 nitrogen and oxygen atoms in total. The Morgan fingerprint density at radius 1 is 1.15 bits per heavy atom. The summed E-state index contributed by atoms with van der Waals surface area (Å²) in [5.41, 5.74) is 1.20. The monoisotopic (exact) mass is 354 g/mol. The molecule has 1 unspecified atom stereocenters. The number of hydrogen-bond acceptors (Lipinski definition) is 5. The molecule has 1 N–H and O–H groups in total. The molecule has 0 spiro atoms. The third-order valence-electron chi connectivity index (χ3n) is 6.09. The second-order valence-electron chi connectivity index (χ2n) is 8.06. The highest BCUT2D eigenvalue weighted by atomic mass is 16.4. The van der Waals surface area contributed by atoms with Gasteiger partial charge in [0.2, 0.25) is 0 Å². The second-order valence-corrected chi connectivity index (χ2v) is 8.06. The molecule has 3 atom stereocenters. The predicted octanol–water partition coefficient (Wildman–Crippen LogP) is 2.64. The van der Waals surface area contributed by atoms with Crippen LogP contribution in [-0.4, -0.2) is 54.6 Å². The first-order valence-corrected chi connectivity index (χ1v) is 9.92. The fourth-order valence-corrected chi connectivity index (χ4v) is 4.74. The molecule has 0 aromatic carbocycles. The first-order valence-electron chi connectivity index (χ1n) is 9.92. The summed E-state index contributed by atoms with van der Waals surface area (Å²) >= 11 is 0. The van der Waals surface area contributed by atoms with E-state index < -0.39 is 0 Å². The predicted molar refractivity (Wildman–Crippen MR) is 100 cm³/mol. The van der Waals surface area contributed by atoms with E-state index in [4.69, 9.17) is 4.42 Å². The number of carbonyl (C=O) groups excluding carboxylic acids is 1. The van der Waals surface area contributed by atoms with Crippen LogP contribution in [0.1, 0.15) is 42.6 Å². The van der Waals surface area contributed by atoms with E-state index in [0.717, 1.165) is 48.8 Å². The molecule has 2 aromatic rings. The maximum absolute atomic E-state index is 12.7. The highest BCUT2D eigenvalue weighted by Crippen LogP contribution is 2.29. The molecule has 138 valence electrons. The summed E-state index contributed by atoms with van der Waals surface area (Å²) in [7, 11) is 0. The normalized spacial score (nSPS) is 28.5. The third kappa shape index (κ3) is 3.07. The molecule has 5 rings (SSSR count). The van der Waals surface area contributed by atoms with Crippen LogP contribution in [0.25, 0.3) is 11.0 Å². The summed E-state index contributed by atoms with van der Waals surface area (Å²) in [4.78, 5) is 21.8. The fourth-order valence-electron chi connectivity index (χ4n) is 4.74. The van der Waals surface area contributed by atoms with Crippen molar-refractivity contribution in [3.8, 4) is 0 Å². The summed E-state index contributed by atoms with van der Waals surface area (Å²) in [5, 5.41) is 4.14. The van der Waals surface area contributed by atoms with Crippen molar-refractivity contribution in [3.63, 3.8) is 0 Å². The van der Waals surface area contributed by atoms with Crippen LogP contribution in [0, 0.1) is 5.92 Å². The van der Waals surface area contributed by atoms with E-state index in [-0.39, 0.29) is 11.9 Å². The van der Waals surface area contributed by atoms with Gasteiger partial charge in [-0.15, -0.1) is 0 Å². The standard InChI is InChI=1S/C20H26N4O2/c25-20(22-16-8-14-4-7-23(12-14)13-16)17-10-18-15(11-21-17)9-19(26-18)24-5-2-1-3-6-24/h9-11,14,16H,1-8,12-13H2,(H,22,25)/t14-,16+/m0/s1. The second kappa shape index (κ2) is 6.58. The van der Waals surface area contributed by atoms with E-state index in [1.54, 1.807) is 12.3 Å². The lowest BCUT2D eigenvalue weighted by molar-refractivity contribution is 0.0904. The van der Waals surface area contributed by atoms with Gasteiger partial charge in [-0.05, 0) is 44.6 Å². The smallest absolute Gasteiger partial charge is 0.270 e. The number of piperidine rings is 2. The minimum atomic E-state index is -0.0877. The van der Waals surface area contributed by atoms with Crippen molar-refractivity contribution in [3.05, 3.63) is 24.0 Å². The van der Waals surface area contributed by atoms with E-state index in [1.807, 2.05) is 6.07 Å². The minimum absolute atomic E-state index is 0.0877. The number of rotatable bonds is 3. The van der Waals surface area contributed by atoms with Crippen LogP contribution in [0.4, 0.5) is 5.88 Å². The number of furan rings is 1. The van der Waals surface area contributed by atoms with E-state index in [0.29, 0.717) is 5.69 Å². The van der Waals surface area contributed by atoms with Gasteiger partial charge in [0.1, 0.15) is 11.3 Å². The van der Waals surface area contributed by atoms with Crippen molar-refractivity contribution >= 4 is 22.8 Å². The zero-order valence-corrected chi connectivity index (χ0v) is 15.1. The molecule has 2 aromatic heterocycles. The summed E-state index contributed by atoms with van der Waals surface area (Å²) in [6.45, 7) is 5.42. The topological polar surface area (TPSA) is 61.6 Å². The van der Waals surface area contributed by atoms with Gasteiger partial charge in [-0.25, -0.2) is 0 Å². The number of hydrogen-bond donors (Lipinski definition) is 1. The summed E-state index contributed by atoms with van der Waals surface area (Å²) in [6, 6.07) is 4.07. The lowest BCUT2D eigenvalue weighted by atomic mass is 9.97. The molecule has 0 aliphatic carbocycles. The molecular formula is C20H26N4O2. The number of carbonyl (C=O) groups is 1. The van der Waals surface area contributed by atoms with Crippen LogP contribution < -0.4 is 10.2 Å². The molecule has 6 heteroatoms. The molecule has 0 radical (unpaired) electrons. The molecular weight excluding hydrogens is 328 g/mol. The minimum Gasteiger partial charge on any atom is -0.440 e. The number of fused-ring (bicyclic) bond motifs is 3. The lowest BCUT2D eigenvalue weighted by Gasteiger charge is -2.30. The Morgan fingerprint density at radius 3 is 2.88 bits per heavy atom. The van der Waals surface area contributed by atoms with Crippen molar-refractivity contribution in [1.29, 1.82) is 0 Å². The molecule has 3 aliphatic rings. The largest absolute Gasteiger partial charge is 0.440 e. The maximum Gasteiger partial charge on any atom is 0.270 e. The van der Waals surface area contributed by atoms with Crippen molar-refractivity contribution in [2.24, 2.45) is 5.92 Å². The van der Waals surface area contributed by atoms with E-state index in [2.05, 4.69) is 20.1 Å². The zero-order chi connectivity index (χ0) is 17.5. The van der Waals surface area contributed by atoms with E-state index >= 15 is 0 Å². The van der Waals surface area contributed by atoms with Crippen molar-refractivity contribution < 1.29 is 9.21 Å². The van der Waals surface area contributed by atoms with Gasteiger partial charge in [0.15, 0.2) is 5.88 Å². The summed E-state index contributed by atoms with van der Waals surface area (Å²) in [6.07, 6.45) is 7.83. The van der Waals surface area contributed by atoms with Gasteiger partial charge in [-0.3, -0.25) is 9.78 Å². The van der Waals surface area contributed by atoms with Crippen molar-refractivity contribution in [2.75, 3.05) is 37.6 Å². The Morgan fingerprint density at radius 2 is 2.04 bits per heavy atom. The van der Waals surface area contributed by atoms with Crippen LogP contribution in [0.2, 0.25) is 0 Å². The number of pyridine rings is 1. The Balaban J connectivity index is 1.31. The summed E-state index contributed by atoms with van der Waals surface area (Å²) < 4.78 is 6.03. The molecule has 5 heterocycles. The van der Waals surface area contributed by atoms with Crippen LogP contribution >= 0.6 is 0 Å². The van der Waals surface area contributed by atoms with Gasteiger partial charge < -0.3 is 19.5 Å². The summed E-state index contributed by atoms with van der Waals surface area (Å²) in [5.74, 6) is 1.55. The molecule has 26 heavy (non-hydrogen) atoms. The van der Waals surface area contributed by atoms with Gasteiger partial charge in [0.05, 0.1) is 0 Å². The Labute approximate surface area is 153 Å². The van der Waals surface area contributed by atoms with Gasteiger partial charge >= 0.3 is 0 Å². The van der Waals surface area contributed by atoms with E-state index in [9.17, 15) is 4.79 Å². The molecule has 1 amide bonds. The van der Waals surface area contributed by atoms with Gasteiger partial charge in [0, 0.05) is 55.9 Å². The Hall–Kier alpha value is -2.08. The quantitative estimate of drug-likeness (QED) is 0.918. The van der Waals surface area contributed by atoms with E-state index in [1.165, 1.54) is 38.8 Å². The molecule has 3 aliphatic heterocycles.